The molecule has 0 saturated heterocycles. The molecule has 25 heavy (non-hydrogen) atoms. The fourth-order valence-corrected chi connectivity index (χ4v) is 2.96. The van der Waals surface area contributed by atoms with Gasteiger partial charge in [-0.05, 0) is 49.8 Å². The van der Waals surface area contributed by atoms with Crippen molar-refractivity contribution in [1.29, 1.82) is 0 Å². The van der Waals surface area contributed by atoms with Gasteiger partial charge in [0, 0.05) is 18.7 Å². The van der Waals surface area contributed by atoms with E-state index in [-0.39, 0.29) is 23.5 Å². The van der Waals surface area contributed by atoms with Gasteiger partial charge in [-0.1, -0.05) is 6.92 Å². The lowest BCUT2D eigenvalue weighted by Gasteiger charge is -2.27. The lowest BCUT2D eigenvalue weighted by molar-refractivity contribution is -0.114. The quantitative estimate of drug-likeness (QED) is 0.729. The molecule has 3 N–H and O–H groups in total. The van der Waals surface area contributed by atoms with E-state index in [1.165, 1.54) is 20.1 Å². The van der Waals surface area contributed by atoms with E-state index < -0.39 is 5.97 Å². The van der Waals surface area contributed by atoms with Crippen LogP contribution >= 0.6 is 0 Å². The van der Waals surface area contributed by atoms with Gasteiger partial charge in [0.1, 0.15) is 0 Å². The average molecular weight is 347 g/mol. The number of rotatable bonds is 4. The van der Waals surface area contributed by atoms with Crippen LogP contribution < -0.4 is 16.0 Å². The zero-order chi connectivity index (χ0) is 18.4. The summed E-state index contributed by atoms with van der Waals surface area (Å²) in [7, 11) is 1.26. The van der Waals surface area contributed by atoms with Gasteiger partial charge >= 0.3 is 12.0 Å². The van der Waals surface area contributed by atoms with Gasteiger partial charge in [0.25, 0.3) is 0 Å². The van der Waals surface area contributed by atoms with Gasteiger partial charge in [-0.25, -0.2) is 9.59 Å². The van der Waals surface area contributed by atoms with Crippen LogP contribution in [-0.2, 0) is 9.53 Å². The second-order valence-electron chi connectivity index (χ2n) is 6.49. The first-order valence-corrected chi connectivity index (χ1v) is 8.46. The Morgan fingerprint density at radius 2 is 1.76 bits per heavy atom. The van der Waals surface area contributed by atoms with E-state index in [1.54, 1.807) is 12.1 Å². The molecule has 0 unspecified atom stereocenters. The summed E-state index contributed by atoms with van der Waals surface area (Å²) in [5.41, 5.74) is 0.976. The van der Waals surface area contributed by atoms with Crippen LogP contribution in [0.4, 0.5) is 16.2 Å². The summed E-state index contributed by atoms with van der Waals surface area (Å²) in [6, 6.07) is 4.46. The van der Waals surface area contributed by atoms with Gasteiger partial charge in [0.2, 0.25) is 5.91 Å². The van der Waals surface area contributed by atoms with Crippen molar-refractivity contribution in [2.45, 2.75) is 45.6 Å². The maximum absolute atomic E-state index is 12.2. The number of methoxy groups -OCH3 is 1. The molecule has 7 heteroatoms. The van der Waals surface area contributed by atoms with E-state index in [1.807, 2.05) is 0 Å². The van der Waals surface area contributed by atoms with E-state index in [0.29, 0.717) is 17.3 Å². The van der Waals surface area contributed by atoms with E-state index in [2.05, 4.69) is 22.9 Å². The number of hydrogen-bond donors (Lipinski definition) is 3. The summed E-state index contributed by atoms with van der Waals surface area (Å²) in [5, 5.41) is 8.25. The lowest BCUT2D eigenvalue weighted by atomic mass is 9.87. The van der Waals surface area contributed by atoms with Crippen LogP contribution in [-0.4, -0.2) is 31.1 Å². The molecule has 136 valence electrons. The second-order valence-corrected chi connectivity index (χ2v) is 6.49. The lowest BCUT2D eigenvalue weighted by Crippen LogP contribution is -2.40. The highest BCUT2D eigenvalue weighted by Crippen LogP contribution is 2.24. The van der Waals surface area contributed by atoms with Gasteiger partial charge in [-0.15, -0.1) is 0 Å². The van der Waals surface area contributed by atoms with Gasteiger partial charge in [-0.2, -0.15) is 0 Å². The molecule has 1 aliphatic rings. The molecule has 1 aromatic carbocycles. The van der Waals surface area contributed by atoms with E-state index in [0.717, 1.165) is 25.7 Å². The molecule has 1 aliphatic carbocycles. The Kier molecular flexibility index (Phi) is 6.38. The molecule has 7 nitrogen and oxygen atoms in total. The van der Waals surface area contributed by atoms with Crippen molar-refractivity contribution in [3.63, 3.8) is 0 Å². The third-order valence-electron chi connectivity index (χ3n) is 4.34. The molecule has 2 rings (SSSR count). The fraction of sp³-hybridized carbons (Fsp3) is 0.500. The van der Waals surface area contributed by atoms with Crippen LogP contribution in [0.3, 0.4) is 0 Å². The van der Waals surface area contributed by atoms with Crippen LogP contribution in [0.2, 0.25) is 0 Å². The number of amides is 3. The Labute approximate surface area is 147 Å². The molecule has 0 spiro atoms. The number of carbonyl (C=O) groups excluding carboxylic acids is 3. The van der Waals surface area contributed by atoms with Gasteiger partial charge in [-0.3, -0.25) is 4.79 Å². The molecule has 1 saturated carbocycles. The molecule has 1 aromatic rings. The van der Waals surface area contributed by atoms with Crippen molar-refractivity contribution >= 4 is 29.3 Å². The van der Waals surface area contributed by atoms with Gasteiger partial charge in [0.15, 0.2) is 0 Å². The van der Waals surface area contributed by atoms with Crippen molar-refractivity contribution < 1.29 is 19.1 Å². The molecular weight excluding hydrogens is 322 g/mol. The molecule has 0 aromatic heterocycles. The molecule has 0 atom stereocenters. The maximum atomic E-state index is 12.2. The Morgan fingerprint density at radius 3 is 2.36 bits per heavy atom. The summed E-state index contributed by atoms with van der Waals surface area (Å²) in [6.45, 7) is 3.60. The SMILES string of the molecule is COC(=O)c1cc(NC(C)=O)ccc1NC(=O)NC1CCC(C)CC1. The predicted octanol–water partition coefficient (Wildman–Crippen LogP) is 3.13. The molecule has 0 heterocycles. The van der Waals surface area contributed by atoms with Crippen molar-refractivity contribution in [3.8, 4) is 0 Å². The number of benzene rings is 1. The standard InChI is InChI=1S/C18H25N3O4/c1-11-4-6-13(7-5-11)20-18(24)21-16-9-8-14(19-12(2)22)10-15(16)17(23)25-3/h8-11,13H,4-7H2,1-3H3,(H,19,22)(H2,20,21,24). The summed E-state index contributed by atoms with van der Waals surface area (Å²) < 4.78 is 4.76. The number of esters is 1. The highest BCUT2D eigenvalue weighted by atomic mass is 16.5. The molecule has 3 amide bonds. The van der Waals surface area contributed by atoms with Crippen molar-refractivity contribution in [1.82, 2.24) is 5.32 Å². The summed E-state index contributed by atoms with van der Waals surface area (Å²) in [5.74, 6) is -0.136. The average Bonchev–Trinajstić information content (AvgIpc) is 2.57. The van der Waals surface area contributed by atoms with E-state index in [9.17, 15) is 14.4 Å². The van der Waals surface area contributed by atoms with Gasteiger partial charge in [0.05, 0.1) is 18.4 Å². The number of hydrogen-bond acceptors (Lipinski definition) is 4. The Hall–Kier alpha value is -2.57. The largest absolute Gasteiger partial charge is 0.465 e. The predicted molar refractivity (Wildman–Crippen MR) is 95.7 cm³/mol. The summed E-state index contributed by atoms with van der Waals surface area (Å²) in [4.78, 5) is 35.4. The smallest absolute Gasteiger partial charge is 0.340 e. The first-order valence-electron chi connectivity index (χ1n) is 8.46. The van der Waals surface area contributed by atoms with Crippen LogP contribution in [0.1, 0.15) is 49.9 Å². The first-order chi connectivity index (χ1) is 11.9. The number of carbonyl (C=O) groups is 3. The molecule has 0 aliphatic heterocycles. The Morgan fingerprint density at radius 1 is 1.08 bits per heavy atom. The molecular formula is C18H25N3O4. The first kappa shape index (κ1) is 18.8. The highest BCUT2D eigenvalue weighted by Gasteiger charge is 2.21. The topological polar surface area (TPSA) is 96.5 Å². The second kappa shape index (κ2) is 8.50. The zero-order valence-corrected chi connectivity index (χ0v) is 14.8. The maximum Gasteiger partial charge on any atom is 0.340 e. The summed E-state index contributed by atoms with van der Waals surface area (Å²) in [6.07, 6.45) is 4.12. The van der Waals surface area contributed by atoms with E-state index in [4.69, 9.17) is 4.74 Å². The van der Waals surface area contributed by atoms with Crippen LogP contribution in [0.25, 0.3) is 0 Å². The van der Waals surface area contributed by atoms with Crippen LogP contribution in [0.5, 0.6) is 0 Å². The minimum atomic E-state index is -0.589. The van der Waals surface area contributed by atoms with E-state index >= 15 is 0 Å². The fourth-order valence-electron chi connectivity index (χ4n) is 2.96. The van der Waals surface area contributed by atoms with Gasteiger partial charge < -0.3 is 20.7 Å². The number of ether oxygens (including phenoxy) is 1. The monoisotopic (exact) mass is 347 g/mol. The van der Waals surface area contributed by atoms with Crippen molar-refractivity contribution in [2.24, 2.45) is 5.92 Å². The van der Waals surface area contributed by atoms with Crippen LogP contribution in [0, 0.1) is 5.92 Å². The third kappa shape index (κ3) is 5.48. The summed E-state index contributed by atoms with van der Waals surface area (Å²) >= 11 is 0. The van der Waals surface area contributed by atoms with Crippen molar-refractivity contribution in [2.75, 3.05) is 17.7 Å². The minimum absolute atomic E-state index is 0.149. The van der Waals surface area contributed by atoms with Crippen LogP contribution in [0.15, 0.2) is 18.2 Å². The zero-order valence-electron chi connectivity index (χ0n) is 14.8. The Balaban J connectivity index is 2.07. The molecule has 1 fully saturated rings. The highest BCUT2D eigenvalue weighted by molar-refractivity contribution is 6.02. The number of anilines is 2. The number of urea groups is 1. The van der Waals surface area contributed by atoms with Crippen molar-refractivity contribution in [3.05, 3.63) is 23.8 Å². The minimum Gasteiger partial charge on any atom is -0.465 e. The molecule has 0 bridgehead atoms. The normalized spacial score (nSPS) is 19.6. The number of nitrogens with one attached hydrogen (secondary N) is 3. The Bertz CT molecular complexity index is 652. The third-order valence-corrected chi connectivity index (χ3v) is 4.34. The molecule has 0 radical (unpaired) electrons.